The quantitative estimate of drug-likeness (QED) is 0.299. The number of Topliss-reactive ketones (excluding diaryl/α,β-unsaturated/α-hetero) is 2. The van der Waals surface area contributed by atoms with Crippen LogP contribution in [0.25, 0.3) is 6.08 Å². The van der Waals surface area contributed by atoms with Crippen molar-refractivity contribution in [2.24, 2.45) is 17.3 Å². The van der Waals surface area contributed by atoms with Crippen LogP contribution >= 0.6 is 0 Å². The van der Waals surface area contributed by atoms with Crippen LogP contribution in [0.4, 0.5) is 0 Å². The van der Waals surface area contributed by atoms with Crippen LogP contribution in [0, 0.1) is 17.3 Å². The predicted molar refractivity (Wildman–Crippen MR) is 186 cm³/mol. The number of hydrogen-bond donors (Lipinski definition) is 1. The molecule has 2 fully saturated rings. The first-order valence-corrected chi connectivity index (χ1v) is 17.2. The second-order valence-corrected chi connectivity index (χ2v) is 16.7. The first-order chi connectivity index (χ1) is 21.8. The topological polar surface area (TPSA) is 82.1 Å². The van der Waals surface area contributed by atoms with E-state index in [1.54, 1.807) is 0 Å². The summed E-state index contributed by atoms with van der Waals surface area (Å²) in [6, 6.07) is 0. The van der Waals surface area contributed by atoms with Crippen molar-refractivity contribution in [3.05, 3.63) is 69.4 Å². The Morgan fingerprint density at radius 3 is 2.30 bits per heavy atom. The zero-order valence-electron chi connectivity index (χ0n) is 30.1. The number of aromatic hydroxyl groups is 1. The molecule has 1 aromatic carbocycles. The van der Waals surface area contributed by atoms with Gasteiger partial charge in [0.25, 0.3) is 0 Å². The van der Waals surface area contributed by atoms with Crippen LogP contribution in [0.2, 0.25) is 0 Å². The van der Waals surface area contributed by atoms with Gasteiger partial charge < -0.3 is 19.3 Å². The molecule has 252 valence electrons. The number of benzene rings is 1. The van der Waals surface area contributed by atoms with E-state index in [0.717, 1.165) is 24.0 Å². The van der Waals surface area contributed by atoms with E-state index in [1.165, 1.54) is 5.57 Å². The monoisotopic (exact) mass is 640 g/mol. The minimum Gasteiger partial charge on any atom is -0.506 e. The lowest BCUT2D eigenvalue weighted by atomic mass is 9.51. The van der Waals surface area contributed by atoms with Crippen molar-refractivity contribution >= 4 is 17.6 Å². The smallest absolute Gasteiger partial charge is 0.200 e. The molecule has 1 N–H and O–H groups in total. The van der Waals surface area contributed by atoms with Gasteiger partial charge in [-0.05, 0) is 98.6 Å². The van der Waals surface area contributed by atoms with Gasteiger partial charge in [-0.1, -0.05) is 61.8 Å². The van der Waals surface area contributed by atoms with E-state index in [0.29, 0.717) is 47.5 Å². The van der Waals surface area contributed by atoms with E-state index in [4.69, 9.17) is 14.2 Å². The first kappa shape index (κ1) is 33.5. The molecule has 0 aromatic heterocycles. The van der Waals surface area contributed by atoms with Crippen molar-refractivity contribution in [1.82, 2.24) is 0 Å². The Bertz CT molecular complexity index is 1720. The summed E-state index contributed by atoms with van der Waals surface area (Å²) < 4.78 is 21.1. The molecule has 6 nitrogen and oxygen atoms in total. The molecule has 0 radical (unpaired) electrons. The molecule has 1 spiro atoms. The summed E-state index contributed by atoms with van der Waals surface area (Å²) in [7, 11) is 0. The van der Waals surface area contributed by atoms with Crippen molar-refractivity contribution in [2.45, 2.75) is 131 Å². The van der Waals surface area contributed by atoms with Crippen molar-refractivity contribution < 1.29 is 28.9 Å². The molecule has 0 amide bonds. The highest BCUT2D eigenvalue weighted by Gasteiger charge is 2.81. The van der Waals surface area contributed by atoms with Gasteiger partial charge in [0.1, 0.15) is 28.4 Å². The second kappa shape index (κ2) is 10.8. The largest absolute Gasteiger partial charge is 0.506 e. The third-order valence-corrected chi connectivity index (χ3v) is 11.3. The van der Waals surface area contributed by atoms with Crippen molar-refractivity contribution in [3.63, 3.8) is 0 Å². The van der Waals surface area contributed by atoms with Crippen molar-refractivity contribution in [2.75, 3.05) is 0 Å². The highest BCUT2D eigenvalue weighted by Crippen LogP contribution is 2.68. The molecule has 7 rings (SSSR count). The standard InChI is InChI=1S/C41H52O6/c1-23(2)13-12-18-39(11)19-17-27-32(42)31-33(43)29-21-26-22-30-38(9,10)47-40(36(26)44,20-16-25(5)37(6,7)8)41(29,30)46-35(31)28(34(27)45-39)15-14-24(3)4/h13-14,16-17,19,21,26,30,42H,12,15,18,20,22H2,1-11H3/b25-16-/t26-,30+,39-,40+,41-/m1/s1. The Balaban J connectivity index is 1.58. The lowest BCUT2D eigenvalue weighted by Crippen LogP contribution is -2.72. The summed E-state index contributed by atoms with van der Waals surface area (Å²) in [6.45, 7) is 22.9. The lowest BCUT2D eigenvalue weighted by Gasteiger charge is -2.56. The van der Waals surface area contributed by atoms with Crippen LogP contribution in [0.15, 0.2) is 52.7 Å². The SMILES string of the molecule is CC(C)=CCC[C@]1(C)C=Cc2c(O)c3c(c(CC=C(C)C)c2O1)O[C@]12C(=C[C@@H]4C[C@H]1C(C)(C)O[C@@]2(C/C=C(/C)C(C)(C)C)C4=O)C3=O. The van der Waals surface area contributed by atoms with Gasteiger partial charge in [-0.2, -0.15) is 0 Å². The summed E-state index contributed by atoms with van der Waals surface area (Å²) in [5.41, 5.74) is 1.11. The van der Waals surface area contributed by atoms with E-state index in [9.17, 15) is 14.7 Å². The molecule has 0 unspecified atom stereocenters. The number of ketones is 2. The maximum absolute atomic E-state index is 14.9. The molecular formula is C41H52O6. The maximum atomic E-state index is 14.9. The van der Waals surface area contributed by atoms with Crippen LogP contribution in [0.3, 0.4) is 0 Å². The van der Waals surface area contributed by atoms with Gasteiger partial charge in [0, 0.05) is 29.4 Å². The molecule has 1 aromatic rings. The highest BCUT2D eigenvalue weighted by atomic mass is 16.6. The van der Waals surface area contributed by atoms with Gasteiger partial charge in [0.2, 0.25) is 0 Å². The van der Waals surface area contributed by atoms with E-state index < -0.39 is 28.3 Å². The first-order valence-electron chi connectivity index (χ1n) is 17.2. The number of carbonyl (C=O) groups is 2. The maximum Gasteiger partial charge on any atom is 0.200 e. The minimum absolute atomic E-state index is 0.0312. The van der Waals surface area contributed by atoms with Crippen LogP contribution in [-0.4, -0.2) is 39.1 Å². The molecule has 6 aliphatic rings. The molecule has 1 saturated carbocycles. The Kier molecular flexibility index (Phi) is 7.71. The molecule has 6 heteroatoms. The molecule has 47 heavy (non-hydrogen) atoms. The van der Waals surface area contributed by atoms with Crippen LogP contribution in [-0.2, 0) is 16.0 Å². The van der Waals surface area contributed by atoms with Gasteiger partial charge in [0.05, 0.1) is 11.2 Å². The number of phenolic OH excluding ortho intramolecular Hbond substituents is 1. The molecule has 3 aliphatic carbocycles. The molecule has 4 bridgehead atoms. The Hall–Kier alpha value is -3.38. The number of hydrogen-bond acceptors (Lipinski definition) is 6. The molecule has 3 heterocycles. The normalized spacial score (nSPS) is 31.3. The molecule has 3 aliphatic heterocycles. The third kappa shape index (κ3) is 4.91. The Morgan fingerprint density at radius 2 is 1.66 bits per heavy atom. The molecule has 1 saturated heterocycles. The number of carbonyl (C=O) groups excluding carboxylic acids is 2. The highest BCUT2D eigenvalue weighted by molar-refractivity contribution is 6.19. The van der Waals surface area contributed by atoms with Gasteiger partial charge in [-0.15, -0.1) is 0 Å². The number of allylic oxidation sites excluding steroid dienone is 6. The molecular weight excluding hydrogens is 588 g/mol. The lowest BCUT2D eigenvalue weighted by molar-refractivity contribution is -0.171. The van der Waals surface area contributed by atoms with Crippen molar-refractivity contribution in [3.8, 4) is 17.2 Å². The second-order valence-electron chi connectivity index (χ2n) is 16.7. The van der Waals surface area contributed by atoms with Crippen LogP contribution in [0.5, 0.6) is 17.2 Å². The van der Waals surface area contributed by atoms with Crippen LogP contribution < -0.4 is 9.47 Å². The Morgan fingerprint density at radius 1 is 0.979 bits per heavy atom. The Labute approximate surface area is 280 Å². The number of phenols is 1. The number of fused-ring (bicyclic) bond motifs is 2. The zero-order chi connectivity index (χ0) is 34.5. The van der Waals surface area contributed by atoms with Gasteiger partial charge >= 0.3 is 0 Å². The fourth-order valence-electron chi connectivity index (χ4n) is 8.39. The average molecular weight is 641 g/mol. The van der Waals surface area contributed by atoms with E-state index in [1.807, 2.05) is 45.9 Å². The summed E-state index contributed by atoms with van der Waals surface area (Å²) in [6.07, 6.45) is 15.0. The van der Waals surface area contributed by atoms with Crippen LogP contribution in [0.1, 0.15) is 123 Å². The third-order valence-electron chi connectivity index (χ3n) is 11.3. The summed E-state index contributed by atoms with van der Waals surface area (Å²) in [4.78, 5) is 29.4. The van der Waals surface area contributed by atoms with Crippen molar-refractivity contribution in [1.29, 1.82) is 0 Å². The summed E-state index contributed by atoms with van der Waals surface area (Å²) in [5.74, 6) is -0.330. The fraction of sp³-hybridized carbons (Fsp3) is 0.561. The fourth-order valence-corrected chi connectivity index (χ4v) is 8.39. The van der Waals surface area contributed by atoms with E-state index in [2.05, 4.69) is 66.7 Å². The van der Waals surface area contributed by atoms with Gasteiger partial charge in [-0.25, -0.2) is 0 Å². The molecule has 5 atom stereocenters. The van der Waals surface area contributed by atoms with Gasteiger partial charge in [0.15, 0.2) is 22.8 Å². The number of ether oxygens (including phenoxy) is 3. The minimum atomic E-state index is -1.38. The number of rotatable bonds is 7. The summed E-state index contributed by atoms with van der Waals surface area (Å²) in [5, 5.41) is 11.9. The van der Waals surface area contributed by atoms with E-state index in [-0.39, 0.29) is 34.2 Å². The zero-order valence-corrected chi connectivity index (χ0v) is 30.1. The predicted octanol–water partition coefficient (Wildman–Crippen LogP) is 9.20. The average Bonchev–Trinajstić information content (AvgIpc) is 3.11. The summed E-state index contributed by atoms with van der Waals surface area (Å²) >= 11 is 0. The van der Waals surface area contributed by atoms with E-state index >= 15 is 0 Å². The van der Waals surface area contributed by atoms with Gasteiger partial charge in [-0.3, -0.25) is 9.59 Å².